The van der Waals surface area contributed by atoms with Crippen molar-refractivity contribution >= 4 is 29.3 Å². The molecule has 2 aromatic rings. The second kappa shape index (κ2) is 10.8. The molecule has 2 unspecified atom stereocenters. The molecule has 0 aliphatic heterocycles. The van der Waals surface area contributed by atoms with Crippen LogP contribution in [0.2, 0.25) is 0 Å². The lowest BCUT2D eigenvalue weighted by atomic mass is 10.1. The van der Waals surface area contributed by atoms with E-state index in [4.69, 9.17) is 0 Å². The molecule has 0 aliphatic rings. The SMILES string of the molecule is Cc1ccc(NC(=O)CSC(C)C(=O)NC(C)c2ccc(OC(F)F)cc2)cc1. The number of thioether (sulfide) groups is 1. The Kier molecular flexibility index (Phi) is 8.45. The van der Waals surface area contributed by atoms with Crippen molar-refractivity contribution in [1.82, 2.24) is 5.32 Å². The Bertz CT molecular complexity index is 814. The molecule has 2 N–H and O–H groups in total. The molecule has 0 aromatic heterocycles. The van der Waals surface area contributed by atoms with E-state index in [0.29, 0.717) is 5.69 Å². The zero-order valence-corrected chi connectivity index (χ0v) is 17.3. The molecule has 2 amide bonds. The van der Waals surface area contributed by atoms with Gasteiger partial charge < -0.3 is 15.4 Å². The van der Waals surface area contributed by atoms with E-state index in [1.165, 1.54) is 23.9 Å². The summed E-state index contributed by atoms with van der Waals surface area (Å²) in [4.78, 5) is 24.4. The summed E-state index contributed by atoms with van der Waals surface area (Å²) in [5.41, 5.74) is 2.58. The minimum Gasteiger partial charge on any atom is -0.435 e. The van der Waals surface area contributed by atoms with E-state index in [1.807, 2.05) is 31.2 Å². The number of carbonyl (C=O) groups excluding carboxylic acids is 2. The number of hydrogen-bond acceptors (Lipinski definition) is 4. The standard InChI is InChI=1S/C21H24F2N2O3S/c1-13-4-8-17(9-5-13)25-19(26)12-29-15(3)20(27)24-14(2)16-6-10-18(11-7-16)28-21(22)23/h4-11,14-15,21H,12H2,1-3H3,(H,24,27)(H,25,26). The third kappa shape index (κ3) is 7.73. The molecule has 0 aliphatic carbocycles. The topological polar surface area (TPSA) is 67.4 Å². The van der Waals surface area contributed by atoms with Gasteiger partial charge in [0.1, 0.15) is 5.75 Å². The Balaban J connectivity index is 1.78. The monoisotopic (exact) mass is 422 g/mol. The van der Waals surface area contributed by atoms with E-state index in [0.717, 1.165) is 11.1 Å². The van der Waals surface area contributed by atoms with Crippen LogP contribution in [0.5, 0.6) is 5.75 Å². The number of halogens is 2. The minimum atomic E-state index is -2.88. The second-order valence-electron chi connectivity index (χ2n) is 6.55. The highest BCUT2D eigenvalue weighted by atomic mass is 32.2. The number of anilines is 1. The lowest BCUT2D eigenvalue weighted by Crippen LogP contribution is -2.33. The quantitative estimate of drug-likeness (QED) is 0.623. The first-order valence-corrected chi connectivity index (χ1v) is 10.1. The van der Waals surface area contributed by atoms with Gasteiger partial charge in [0.15, 0.2) is 0 Å². The average Bonchev–Trinajstić information content (AvgIpc) is 2.68. The van der Waals surface area contributed by atoms with Gasteiger partial charge in [0.05, 0.1) is 17.0 Å². The maximum Gasteiger partial charge on any atom is 0.387 e. The molecule has 0 spiro atoms. The van der Waals surface area contributed by atoms with Crippen LogP contribution < -0.4 is 15.4 Å². The number of rotatable bonds is 9. The fraction of sp³-hybridized carbons (Fsp3) is 0.333. The van der Waals surface area contributed by atoms with Gasteiger partial charge >= 0.3 is 6.61 Å². The molecule has 0 radical (unpaired) electrons. The highest BCUT2D eigenvalue weighted by Crippen LogP contribution is 2.20. The number of carbonyl (C=O) groups is 2. The fourth-order valence-corrected chi connectivity index (χ4v) is 3.16. The molecule has 8 heteroatoms. The summed E-state index contributed by atoms with van der Waals surface area (Å²) in [5, 5.41) is 5.22. The van der Waals surface area contributed by atoms with Gasteiger partial charge in [0.25, 0.3) is 0 Å². The number of nitrogens with one attached hydrogen (secondary N) is 2. The Labute approximate surface area is 173 Å². The summed E-state index contributed by atoms with van der Waals surface area (Å²) in [6.07, 6.45) is 0. The van der Waals surface area contributed by atoms with E-state index < -0.39 is 11.9 Å². The van der Waals surface area contributed by atoms with Crippen LogP contribution >= 0.6 is 11.8 Å². The zero-order chi connectivity index (χ0) is 21.4. The third-order valence-electron chi connectivity index (χ3n) is 4.13. The van der Waals surface area contributed by atoms with E-state index in [1.54, 1.807) is 26.0 Å². The summed E-state index contributed by atoms with van der Waals surface area (Å²) < 4.78 is 28.7. The van der Waals surface area contributed by atoms with Crippen LogP contribution in [-0.4, -0.2) is 29.4 Å². The van der Waals surface area contributed by atoms with Crippen LogP contribution in [0, 0.1) is 6.92 Å². The van der Waals surface area contributed by atoms with Gasteiger partial charge in [-0.3, -0.25) is 9.59 Å². The van der Waals surface area contributed by atoms with Gasteiger partial charge in [0, 0.05) is 5.69 Å². The van der Waals surface area contributed by atoms with E-state index >= 15 is 0 Å². The van der Waals surface area contributed by atoms with Gasteiger partial charge in [-0.15, -0.1) is 11.8 Å². The Hall–Kier alpha value is -2.61. The number of alkyl halides is 2. The van der Waals surface area contributed by atoms with Crippen LogP contribution in [0.3, 0.4) is 0 Å². The molecule has 2 rings (SSSR count). The van der Waals surface area contributed by atoms with E-state index in [9.17, 15) is 18.4 Å². The summed E-state index contributed by atoms with van der Waals surface area (Å²) in [6.45, 7) is 2.61. The largest absolute Gasteiger partial charge is 0.435 e. The van der Waals surface area contributed by atoms with Crippen LogP contribution in [0.4, 0.5) is 14.5 Å². The minimum absolute atomic E-state index is 0.0609. The van der Waals surface area contributed by atoms with Crippen molar-refractivity contribution in [3.63, 3.8) is 0 Å². The molecule has 0 saturated heterocycles. The van der Waals surface area contributed by atoms with Crippen molar-refractivity contribution in [3.05, 3.63) is 59.7 Å². The van der Waals surface area contributed by atoms with Gasteiger partial charge in [0.2, 0.25) is 11.8 Å². The molecular formula is C21H24F2N2O3S. The van der Waals surface area contributed by atoms with Crippen LogP contribution in [0.15, 0.2) is 48.5 Å². The fourth-order valence-electron chi connectivity index (χ4n) is 2.46. The van der Waals surface area contributed by atoms with Gasteiger partial charge in [-0.1, -0.05) is 29.8 Å². The van der Waals surface area contributed by atoms with Crippen molar-refractivity contribution < 1.29 is 23.1 Å². The Morgan fingerprint density at radius 1 is 1.03 bits per heavy atom. The Morgan fingerprint density at radius 3 is 2.24 bits per heavy atom. The highest BCUT2D eigenvalue weighted by molar-refractivity contribution is 8.01. The molecule has 0 fully saturated rings. The smallest absolute Gasteiger partial charge is 0.387 e. The maximum absolute atomic E-state index is 12.4. The predicted molar refractivity (Wildman–Crippen MR) is 111 cm³/mol. The van der Waals surface area contributed by atoms with E-state index in [-0.39, 0.29) is 29.4 Å². The van der Waals surface area contributed by atoms with Crippen LogP contribution in [-0.2, 0) is 9.59 Å². The summed E-state index contributed by atoms with van der Waals surface area (Å²) in [6, 6.07) is 13.3. The summed E-state index contributed by atoms with van der Waals surface area (Å²) in [7, 11) is 0. The Morgan fingerprint density at radius 2 is 1.66 bits per heavy atom. The highest BCUT2D eigenvalue weighted by Gasteiger charge is 2.18. The third-order valence-corrected chi connectivity index (χ3v) is 5.28. The molecule has 29 heavy (non-hydrogen) atoms. The summed E-state index contributed by atoms with van der Waals surface area (Å²) >= 11 is 1.23. The molecule has 5 nitrogen and oxygen atoms in total. The van der Waals surface area contributed by atoms with E-state index in [2.05, 4.69) is 15.4 Å². The lowest BCUT2D eigenvalue weighted by molar-refractivity contribution is -0.120. The average molecular weight is 422 g/mol. The lowest BCUT2D eigenvalue weighted by Gasteiger charge is -2.18. The van der Waals surface area contributed by atoms with Crippen molar-refractivity contribution in [2.45, 2.75) is 38.7 Å². The zero-order valence-electron chi connectivity index (χ0n) is 16.4. The number of ether oxygens (including phenoxy) is 1. The van der Waals surface area contributed by atoms with Crippen LogP contribution in [0.1, 0.15) is 31.0 Å². The maximum atomic E-state index is 12.4. The number of amides is 2. The molecule has 0 bridgehead atoms. The second-order valence-corrected chi connectivity index (χ2v) is 7.87. The first-order valence-electron chi connectivity index (χ1n) is 9.08. The molecule has 0 saturated carbocycles. The van der Waals surface area contributed by atoms with Crippen molar-refractivity contribution in [3.8, 4) is 5.75 Å². The first kappa shape index (κ1) is 22.7. The van der Waals surface area contributed by atoms with Gasteiger partial charge in [-0.2, -0.15) is 8.78 Å². The van der Waals surface area contributed by atoms with Crippen LogP contribution in [0.25, 0.3) is 0 Å². The normalized spacial score (nSPS) is 12.9. The number of hydrogen-bond donors (Lipinski definition) is 2. The molecule has 2 atom stereocenters. The number of aryl methyl sites for hydroxylation is 1. The molecule has 0 heterocycles. The predicted octanol–water partition coefficient (Wildman–Crippen LogP) is 4.53. The van der Waals surface area contributed by atoms with Crippen molar-refractivity contribution in [2.24, 2.45) is 0 Å². The molecular weight excluding hydrogens is 398 g/mol. The first-order chi connectivity index (χ1) is 13.7. The number of benzene rings is 2. The molecule has 2 aromatic carbocycles. The van der Waals surface area contributed by atoms with Gasteiger partial charge in [-0.05, 0) is 50.6 Å². The van der Waals surface area contributed by atoms with Gasteiger partial charge in [-0.25, -0.2) is 0 Å². The van der Waals surface area contributed by atoms with Crippen molar-refractivity contribution in [2.75, 3.05) is 11.1 Å². The summed E-state index contributed by atoms with van der Waals surface area (Å²) in [5.74, 6) is -0.179. The molecule has 156 valence electrons. The van der Waals surface area contributed by atoms with Crippen molar-refractivity contribution in [1.29, 1.82) is 0 Å².